The first kappa shape index (κ1) is 17.9. The van der Waals surface area contributed by atoms with E-state index in [9.17, 15) is 10.2 Å². The Morgan fingerprint density at radius 3 is 2.92 bits per heavy atom. The van der Waals surface area contributed by atoms with Gasteiger partial charge in [0.25, 0.3) is 0 Å². The summed E-state index contributed by atoms with van der Waals surface area (Å²) in [5.41, 5.74) is 1.58. The average Bonchev–Trinajstić information content (AvgIpc) is 2.60. The van der Waals surface area contributed by atoms with Crippen LogP contribution in [0.2, 0.25) is 0 Å². The summed E-state index contributed by atoms with van der Waals surface area (Å²) in [6.07, 6.45) is 5.36. The van der Waals surface area contributed by atoms with Crippen LogP contribution in [0.3, 0.4) is 0 Å². The van der Waals surface area contributed by atoms with E-state index in [1.807, 2.05) is 6.07 Å². The van der Waals surface area contributed by atoms with E-state index in [0.29, 0.717) is 11.8 Å². The van der Waals surface area contributed by atoms with Crippen LogP contribution in [0.4, 0.5) is 0 Å². The number of aromatic nitrogens is 1. The normalized spacial score (nSPS) is 29.9. The van der Waals surface area contributed by atoms with Crippen molar-refractivity contribution in [2.24, 2.45) is 11.8 Å². The molecule has 5 heteroatoms. The molecule has 0 radical (unpaired) electrons. The largest absolute Gasteiger partial charge is 1.00 e. The Labute approximate surface area is 164 Å². The summed E-state index contributed by atoms with van der Waals surface area (Å²) < 4.78 is 0. The minimum absolute atomic E-state index is 0. The van der Waals surface area contributed by atoms with Gasteiger partial charge >= 0.3 is 29.6 Å². The molecule has 0 aliphatic carbocycles. The van der Waals surface area contributed by atoms with Crippen LogP contribution >= 0.6 is 0 Å². The van der Waals surface area contributed by atoms with Crippen LogP contribution in [0.25, 0.3) is 10.9 Å². The van der Waals surface area contributed by atoms with Crippen molar-refractivity contribution in [3.8, 4) is 5.75 Å². The molecule has 120 valence electrons. The third-order valence-electron chi connectivity index (χ3n) is 5.58. The van der Waals surface area contributed by atoms with Gasteiger partial charge in [-0.3, -0.25) is 9.88 Å². The second-order valence-corrected chi connectivity index (χ2v) is 6.77. The summed E-state index contributed by atoms with van der Waals surface area (Å²) >= 11 is 0. The molecule has 1 N–H and O–H groups in total. The Kier molecular flexibility index (Phi) is 5.33. The van der Waals surface area contributed by atoms with Crippen LogP contribution in [0, 0.1) is 11.8 Å². The van der Waals surface area contributed by atoms with Crippen LogP contribution < -0.4 is 34.7 Å². The van der Waals surface area contributed by atoms with E-state index in [2.05, 4.69) is 22.5 Å². The molecule has 0 amide bonds. The van der Waals surface area contributed by atoms with E-state index in [-0.39, 0.29) is 41.3 Å². The third kappa shape index (κ3) is 3.02. The molecule has 1 aromatic heterocycles. The fraction of sp³-hybridized carbons (Fsp3) is 0.421. The molecule has 1 unspecified atom stereocenters. The van der Waals surface area contributed by atoms with Gasteiger partial charge in [-0.25, -0.2) is 0 Å². The Hall–Kier alpha value is -0.910. The average molecular weight is 332 g/mol. The first-order valence-corrected chi connectivity index (χ1v) is 8.27. The number of aliphatic hydroxyl groups is 1. The van der Waals surface area contributed by atoms with Gasteiger partial charge in [-0.15, -0.1) is 12.3 Å². The predicted molar refractivity (Wildman–Crippen MR) is 87.9 cm³/mol. The van der Waals surface area contributed by atoms with E-state index in [1.165, 1.54) is 12.5 Å². The topological polar surface area (TPSA) is 59.4 Å². The van der Waals surface area contributed by atoms with Crippen molar-refractivity contribution < 1.29 is 39.8 Å². The third-order valence-corrected chi connectivity index (χ3v) is 5.58. The minimum Gasteiger partial charge on any atom is -0.872 e. The summed E-state index contributed by atoms with van der Waals surface area (Å²) in [5, 5.41) is 23.5. The van der Waals surface area contributed by atoms with Gasteiger partial charge in [0.1, 0.15) is 0 Å². The molecule has 24 heavy (non-hydrogen) atoms. The maximum atomic E-state index is 11.7. The number of pyridine rings is 1. The van der Waals surface area contributed by atoms with Gasteiger partial charge in [0.15, 0.2) is 0 Å². The predicted octanol–water partition coefficient (Wildman–Crippen LogP) is -0.758. The second kappa shape index (κ2) is 7.14. The van der Waals surface area contributed by atoms with Crippen molar-refractivity contribution in [2.75, 3.05) is 13.1 Å². The molecule has 1 aromatic carbocycles. The van der Waals surface area contributed by atoms with Crippen LogP contribution in [0.1, 0.15) is 24.5 Å². The Morgan fingerprint density at radius 2 is 2.21 bits per heavy atom. The first-order valence-electron chi connectivity index (χ1n) is 8.27. The van der Waals surface area contributed by atoms with Crippen LogP contribution in [-0.4, -0.2) is 34.1 Å². The van der Waals surface area contributed by atoms with Crippen molar-refractivity contribution in [3.05, 3.63) is 48.7 Å². The molecule has 3 saturated heterocycles. The molecule has 3 aliphatic heterocycles. The summed E-state index contributed by atoms with van der Waals surface area (Å²) in [5.74, 6) is 1.10. The fourth-order valence-electron chi connectivity index (χ4n) is 4.32. The number of rotatable bonds is 3. The summed E-state index contributed by atoms with van der Waals surface area (Å²) in [4.78, 5) is 6.69. The maximum absolute atomic E-state index is 11.7. The maximum Gasteiger partial charge on any atom is 1.00 e. The molecule has 2 bridgehead atoms. The number of hydrogen-bond donors (Lipinski definition) is 1. The van der Waals surface area contributed by atoms with E-state index < -0.39 is 6.10 Å². The van der Waals surface area contributed by atoms with Crippen LogP contribution in [-0.2, 0) is 0 Å². The summed E-state index contributed by atoms with van der Waals surface area (Å²) in [6, 6.07) is 6.80. The number of nitrogens with zero attached hydrogens (tertiary/aromatic N) is 2. The zero-order valence-electron chi connectivity index (χ0n) is 14.1. The molecule has 5 atom stereocenters. The standard InChI is InChI=1S/C19H22N2O2.Na/c1-2-12-11-21-8-6-13(12)9-18(21)19(23)15-5-7-20-17-4-3-14(22)10-16(15)17;/h2-5,7,10,12-13,18-19,22-23H,1,6,8-9,11H2;/q;+1/p-1/t12-,13-,18-,19+;/m0./s1. The molecule has 0 saturated carbocycles. The molecule has 5 rings (SSSR count). The zero-order valence-corrected chi connectivity index (χ0v) is 16.1. The quantitative estimate of drug-likeness (QED) is 0.593. The van der Waals surface area contributed by atoms with Crippen LogP contribution in [0.15, 0.2) is 43.1 Å². The summed E-state index contributed by atoms with van der Waals surface area (Å²) in [6.45, 7) is 5.96. The van der Waals surface area contributed by atoms with Crippen molar-refractivity contribution >= 4 is 10.9 Å². The van der Waals surface area contributed by atoms with Gasteiger partial charge in [-0.2, -0.15) is 0 Å². The Balaban J connectivity index is 0.00000169. The van der Waals surface area contributed by atoms with E-state index in [0.717, 1.165) is 36.0 Å². The first-order chi connectivity index (χ1) is 11.2. The SMILES string of the molecule is C=C[C@H]1CN2CC[C@H]1C[C@H]2[C@H](O)c1ccnc2ccc([O-])cc12.[Na+]. The molecular weight excluding hydrogens is 311 g/mol. The van der Waals surface area contributed by atoms with E-state index >= 15 is 0 Å². The number of fused-ring (bicyclic) bond motifs is 4. The summed E-state index contributed by atoms with van der Waals surface area (Å²) in [7, 11) is 0. The molecule has 0 spiro atoms. The number of aliphatic hydroxyl groups excluding tert-OH is 1. The van der Waals surface area contributed by atoms with E-state index in [4.69, 9.17) is 0 Å². The molecule has 3 aliphatic rings. The monoisotopic (exact) mass is 332 g/mol. The molecule has 3 fully saturated rings. The van der Waals surface area contributed by atoms with E-state index in [1.54, 1.807) is 18.3 Å². The molecule has 4 nitrogen and oxygen atoms in total. The van der Waals surface area contributed by atoms with Gasteiger partial charge in [-0.1, -0.05) is 18.2 Å². The fourth-order valence-corrected chi connectivity index (χ4v) is 4.32. The molecule has 2 aromatic rings. The Bertz CT molecular complexity index is 751. The van der Waals surface area contributed by atoms with Gasteiger partial charge in [0.2, 0.25) is 0 Å². The second-order valence-electron chi connectivity index (χ2n) is 6.77. The number of hydrogen-bond acceptors (Lipinski definition) is 4. The van der Waals surface area contributed by atoms with Crippen molar-refractivity contribution in [1.29, 1.82) is 0 Å². The van der Waals surface area contributed by atoms with Crippen molar-refractivity contribution in [2.45, 2.75) is 25.0 Å². The number of benzene rings is 1. The van der Waals surface area contributed by atoms with Gasteiger partial charge < -0.3 is 10.2 Å². The zero-order chi connectivity index (χ0) is 16.0. The minimum atomic E-state index is -0.587. The Morgan fingerprint density at radius 1 is 1.38 bits per heavy atom. The smallest absolute Gasteiger partial charge is 0.872 e. The van der Waals surface area contributed by atoms with Gasteiger partial charge in [0.05, 0.1) is 11.6 Å². The van der Waals surface area contributed by atoms with Gasteiger partial charge in [0, 0.05) is 24.2 Å². The van der Waals surface area contributed by atoms with Gasteiger partial charge in [-0.05, 0) is 48.9 Å². The molecular formula is C19H21N2NaO2. The van der Waals surface area contributed by atoms with Crippen molar-refractivity contribution in [1.82, 2.24) is 9.88 Å². The molecule has 4 heterocycles. The van der Waals surface area contributed by atoms with Crippen molar-refractivity contribution in [3.63, 3.8) is 0 Å². The van der Waals surface area contributed by atoms with Crippen LogP contribution in [0.5, 0.6) is 5.75 Å². The number of piperidine rings is 3.